The maximum atomic E-state index is 13.3. The van der Waals surface area contributed by atoms with Gasteiger partial charge in [0, 0.05) is 47.2 Å². The number of carbonyl (C=O) groups is 1. The van der Waals surface area contributed by atoms with Gasteiger partial charge in [0.05, 0.1) is 10.6 Å². The van der Waals surface area contributed by atoms with Crippen LogP contribution < -0.4 is 14.8 Å². The fraction of sp³-hybridized carbons (Fsp3) is 0.222. The van der Waals surface area contributed by atoms with E-state index in [0.717, 1.165) is 17.7 Å². The lowest BCUT2D eigenvalue weighted by Crippen LogP contribution is -2.40. The molecule has 14 heteroatoms. The third kappa shape index (κ3) is 7.06. The number of hydrogen-bond donors (Lipinski definition) is 2. The number of non-ortho nitro benzene ring substituents is 1. The summed E-state index contributed by atoms with van der Waals surface area (Å²) in [6.45, 7) is 6.70. The summed E-state index contributed by atoms with van der Waals surface area (Å²) in [6, 6.07) is 13.3. The Kier molecular flexibility index (Phi) is 8.42. The standard InChI is InChI=1S/C27H27ClN6O6S/c1-17-24(25(35)30-16-18-6-5-13-29-15-18)31-33(20-9-7-19(28)8-10-20)26(17)40-22-12-11-21(34(36)37)14-23(22)41(38,39)32-27(2,3)4/h5-15,32H,16H2,1-4H3,(H,30,35). The van der Waals surface area contributed by atoms with E-state index in [9.17, 15) is 23.3 Å². The van der Waals surface area contributed by atoms with E-state index in [2.05, 4.69) is 20.1 Å². The molecule has 0 atom stereocenters. The number of nitrogens with zero attached hydrogens (tertiary/aromatic N) is 4. The van der Waals surface area contributed by atoms with Crippen molar-refractivity contribution < 1.29 is 22.9 Å². The monoisotopic (exact) mass is 598 g/mol. The van der Waals surface area contributed by atoms with Crippen LogP contribution in [0.3, 0.4) is 0 Å². The molecule has 2 heterocycles. The van der Waals surface area contributed by atoms with Crippen molar-refractivity contribution in [3.8, 4) is 17.3 Å². The minimum absolute atomic E-state index is 0.0259. The summed E-state index contributed by atoms with van der Waals surface area (Å²) in [6.07, 6.45) is 3.24. The molecule has 0 unspecified atom stereocenters. The van der Waals surface area contributed by atoms with Gasteiger partial charge in [0.25, 0.3) is 11.6 Å². The number of nitro benzene ring substituents is 1. The molecule has 2 aromatic carbocycles. The number of rotatable bonds is 9. The lowest BCUT2D eigenvalue weighted by atomic mass is 10.1. The first-order chi connectivity index (χ1) is 19.2. The van der Waals surface area contributed by atoms with E-state index in [1.807, 2.05) is 6.07 Å². The van der Waals surface area contributed by atoms with Crippen molar-refractivity contribution in [2.24, 2.45) is 0 Å². The quantitative estimate of drug-likeness (QED) is 0.202. The first-order valence-electron chi connectivity index (χ1n) is 12.3. The highest BCUT2D eigenvalue weighted by Gasteiger charge is 2.30. The van der Waals surface area contributed by atoms with Crippen molar-refractivity contribution in [3.63, 3.8) is 0 Å². The van der Waals surface area contributed by atoms with E-state index >= 15 is 0 Å². The summed E-state index contributed by atoms with van der Waals surface area (Å²) in [5.41, 5.74) is 0.246. The van der Waals surface area contributed by atoms with Gasteiger partial charge >= 0.3 is 0 Å². The number of hydrogen-bond acceptors (Lipinski definition) is 8. The second-order valence-electron chi connectivity index (χ2n) is 10.1. The molecule has 0 radical (unpaired) electrons. The van der Waals surface area contributed by atoms with Gasteiger partial charge in [0.2, 0.25) is 15.9 Å². The van der Waals surface area contributed by atoms with Gasteiger partial charge in [-0.15, -0.1) is 0 Å². The summed E-state index contributed by atoms with van der Waals surface area (Å²) in [5, 5.41) is 19.2. The number of pyridine rings is 1. The van der Waals surface area contributed by atoms with Gasteiger partial charge in [-0.2, -0.15) is 9.78 Å². The van der Waals surface area contributed by atoms with E-state index in [1.54, 1.807) is 70.4 Å². The Morgan fingerprint density at radius 3 is 2.46 bits per heavy atom. The predicted molar refractivity (Wildman–Crippen MR) is 152 cm³/mol. The lowest BCUT2D eigenvalue weighted by Gasteiger charge is -2.21. The van der Waals surface area contributed by atoms with Crippen molar-refractivity contribution in [2.45, 2.75) is 44.7 Å². The fourth-order valence-corrected chi connectivity index (χ4v) is 5.50. The molecule has 1 amide bonds. The smallest absolute Gasteiger partial charge is 0.272 e. The van der Waals surface area contributed by atoms with Crippen LogP contribution in [-0.2, 0) is 16.6 Å². The summed E-state index contributed by atoms with van der Waals surface area (Å²) >= 11 is 6.06. The number of sulfonamides is 1. The molecule has 0 spiro atoms. The van der Waals surface area contributed by atoms with E-state index in [4.69, 9.17) is 16.3 Å². The van der Waals surface area contributed by atoms with Gasteiger partial charge in [-0.25, -0.2) is 13.1 Å². The summed E-state index contributed by atoms with van der Waals surface area (Å²) < 4.78 is 36.6. The number of carbonyl (C=O) groups excluding carboxylic acids is 1. The molecule has 41 heavy (non-hydrogen) atoms. The molecule has 4 aromatic rings. The SMILES string of the molecule is Cc1c(C(=O)NCc2cccnc2)nn(-c2ccc(Cl)cc2)c1Oc1ccc([N+](=O)[O-])cc1S(=O)(=O)NC(C)(C)C. The Morgan fingerprint density at radius 2 is 1.85 bits per heavy atom. The largest absolute Gasteiger partial charge is 0.437 e. The number of aromatic nitrogens is 3. The molecule has 0 aliphatic rings. The number of ether oxygens (including phenoxy) is 1. The lowest BCUT2D eigenvalue weighted by molar-refractivity contribution is -0.385. The topological polar surface area (TPSA) is 158 Å². The molecule has 2 N–H and O–H groups in total. The molecule has 0 aliphatic carbocycles. The average molecular weight is 599 g/mol. The predicted octanol–water partition coefficient (Wildman–Crippen LogP) is 4.94. The van der Waals surface area contributed by atoms with Gasteiger partial charge in [-0.05, 0) is 69.7 Å². The van der Waals surface area contributed by atoms with Crippen molar-refractivity contribution in [2.75, 3.05) is 0 Å². The van der Waals surface area contributed by atoms with E-state index in [0.29, 0.717) is 16.3 Å². The van der Waals surface area contributed by atoms with E-state index in [1.165, 1.54) is 10.7 Å². The summed E-state index contributed by atoms with van der Waals surface area (Å²) in [5.74, 6) is -0.678. The highest BCUT2D eigenvalue weighted by Crippen LogP contribution is 2.36. The van der Waals surface area contributed by atoms with E-state index in [-0.39, 0.29) is 23.9 Å². The molecule has 0 bridgehead atoms. The van der Waals surface area contributed by atoms with Crippen LogP contribution >= 0.6 is 11.6 Å². The normalized spacial score (nSPS) is 11.7. The van der Waals surface area contributed by atoms with E-state index < -0.39 is 37.0 Å². The minimum Gasteiger partial charge on any atom is -0.437 e. The first kappa shape index (κ1) is 29.6. The van der Waals surface area contributed by atoms with Crippen molar-refractivity contribution in [1.82, 2.24) is 24.8 Å². The molecule has 12 nitrogen and oxygen atoms in total. The number of nitrogens with one attached hydrogen (secondary N) is 2. The third-order valence-corrected chi connectivity index (χ3v) is 7.64. The minimum atomic E-state index is -4.28. The third-order valence-electron chi connectivity index (χ3n) is 5.61. The molecule has 4 rings (SSSR count). The Labute approximate surface area is 241 Å². The average Bonchev–Trinajstić information content (AvgIpc) is 3.22. The summed E-state index contributed by atoms with van der Waals surface area (Å²) in [4.78, 5) is 27.5. The van der Waals surface area contributed by atoms with Crippen LogP contribution in [0.25, 0.3) is 5.69 Å². The summed E-state index contributed by atoms with van der Waals surface area (Å²) in [7, 11) is -4.28. The van der Waals surface area contributed by atoms with Gasteiger partial charge in [0.15, 0.2) is 5.69 Å². The molecule has 0 fully saturated rings. The molecular formula is C27H27ClN6O6S. The van der Waals surface area contributed by atoms with Gasteiger partial charge in [-0.1, -0.05) is 17.7 Å². The number of halogens is 1. The van der Waals surface area contributed by atoms with Gasteiger partial charge in [0.1, 0.15) is 10.6 Å². The van der Waals surface area contributed by atoms with Gasteiger partial charge in [-0.3, -0.25) is 19.9 Å². The van der Waals surface area contributed by atoms with Crippen LogP contribution in [0.15, 0.2) is 71.9 Å². The highest BCUT2D eigenvalue weighted by molar-refractivity contribution is 7.89. The zero-order valence-corrected chi connectivity index (χ0v) is 24.2. The zero-order valence-electron chi connectivity index (χ0n) is 22.6. The second-order valence-corrected chi connectivity index (χ2v) is 12.1. The Hall–Kier alpha value is -4.33. The molecule has 214 valence electrons. The van der Waals surface area contributed by atoms with Crippen LogP contribution in [0.4, 0.5) is 5.69 Å². The van der Waals surface area contributed by atoms with Crippen LogP contribution in [-0.4, -0.2) is 39.6 Å². The Bertz CT molecular complexity index is 1700. The Balaban J connectivity index is 1.81. The second kappa shape index (κ2) is 11.6. The zero-order chi connectivity index (χ0) is 29.9. The van der Waals surface area contributed by atoms with Gasteiger partial charge < -0.3 is 10.1 Å². The Morgan fingerprint density at radius 1 is 1.15 bits per heavy atom. The number of amides is 1. The number of benzene rings is 2. The van der Waals surface area contributed by atoms with Crippen LogP contribution in [0, 0.1) is 17.0 Å². The molecule has 0 aliphatic heterocycles. The maximum Gasteiger partial charge on any atom is 0.272 e. The first-order valence-corrected chi connectivity index (χ1v) is 14.1. The molecular weight excluding hydrogens is 572 g/mol. The highest BCUT2D eigenvalue weighted by atomic mass is 35.5. The number of nitro groups is 1. The molecule has 0 saturated heterocycles. The van der Waals surface area contributed by atoms with Crippen LogP contribution in [0.2, 0.25) is 5.02 Å². The van der Waals surface area contributed by atoms with Crippen LogP contribution in [0.1, 0.15) is 42.4 Å². The fourth-order valence-electron chi connectivity index (χ4n) is 3.81. The van der Waals surface area contributed by atoms with Crippen LogP contribution in [0.5, 0.6) is 11.6 Å². The maximum absolute atomic E-state index is 13.3. The van der Waals surface area contributed by atoms with Crippen molar-refractivity contribution in [3.05, 3.63) is 98.9 Å². The van der Waals surface area contributed by atoms with Crippen molar-refractivity contribution >= 4 is 33.2 Å². The van der Waals surface area contributed by atoms with Crippen molar-refractivity contribution in [1.29, 1.82) is 0 Å². The molecule has 2 aromatic heterocycles. The molecule has 0 saturated carbocycles.